The normalized spacial score (nSPS) is 12.5. The van der Waals surface area contributed by atoms with E-state index in [0.717, 1.165) is 22.0 Å². The number of nitrogens with two attached hydrogens (primary N) is 1. The lowest BCUT2D eigenvalue weighted by Crippen LogP contribution is -2.29. The van der Waals surface area contributed by atoms with Crippen molar-refractivity contribution in [3.63, 3.8) is 0 Å². The molecule has 0 saturated carbocycles. The third-order valence-electron chi connectivity index (χ3n) is 3.23. The number of hydrogen-bond acceptors (Lipinski definition) is 4. The summed E-state index contributed by atoms with van der Waals surface area (Å²) in [5.74, 6) is 5.74. The minimum absolute atomic E-state index is 0.186. The maximum absolute atomic E-state index is 5.96. The van der Waals surface area contributed by atoms with Gasteiger partial charge in [0.15, 0.2) is 0 Å². The van der Waals surface area contributed by atoms with Crippen molar-refractivity contribution in [2.75, 3.05) is 0 Å². The molecule has 0 fully saturated rings. The highest BCUT2D eigenvalue weighted by atomic mass is 35.5. The fourth-order valence-electron chi connectivity index (χ4n) is 2.32. The molecule has 0 aliphatic rings. The highest BCUT2D eigenvalue weighted by molar-refractivity contribution is 6.29. The van der Waals surface area contributed by atoms with Gasteiger partial charge in [-0.2, -0.15) is 0 Å². The van der Waals surface area contributed by atoms with Gasteiger partial charge in [-0.3, -0.25) is 10.8 Å². The van der Waals surface area contributed by atoms with Crippen LogP contribution >= 0.6 is 11.6 Å². The van der Waals surface area contributed by atoms with E-state index < -0.39 is 0 Å². The van der Waals surface area contributed by atoms with Crippen LogP contribution in [0.15, 0.2) is 54.9 Å². The quantitative estimate of drug-likeness (QED) is 0.441. The van der Waals surface area contributed by atoms with E-state index in [9.17, 15) is 0 Å². The Hall–Kier alpha value is -2.01. The molecule has 1 unspecified atom stereocenters. The molecule has 1 atom stereocenters. The number of benzene rings is 1. The zero-order chi connectivity index (χ0) is 13.9. The fraction of sp³-hybridized carbons (Fsp3) is 0.0667. The van der Waals surface area contributed by atoms with Gasteiger partial charge in [0.05, 0.1) is 11.6 Å². The van der Waals surface area contributed by atoms with Gasteiger partial charge < -0.3 is 0 Å². The maximum atomic E-state index is 5.96. The number of halogens is 1. The number of pyridine rings is 2. The summed E-state index contributed by atoms with van der Waals surface area (Å²) in [5, 5.41) is 1.52. The minimum atomic E-state index is -0.186. The number of fused-ring (bicyclic) bond motifs is 1. The van der Waals surface area contributed by atoms with Gasteiger partial charge >= 0.3 is 0 Å². The summed E-state index contributed by atoms with van der Waals surface area (Å²) >= 11 is 5.96. The van der Waals surface area contributed by atoms with E-state index in [1.165, 1.54) is 0 Å². The molecular formula is C15H13ClN4. The van der Waals surface area contributed by atoms with Gasteiger partial charge in [-0.1, -0.05) is 35.9 Å². The SMILES string of the molecule is NNC(c1ccnc(Cl)c1)c1cccc2cccnc12. The zero-order valence-corrected chi connectivity index (χ0v) is 11.4. The second-order valence-electron chi connectivity index (χ2n) is 4.43. The summed E-state index contributed by atoms with van der Waals surface area (Å²) in [5.41, 5.74) is 5.71. The zero-order valence-electron chi connectivity index (χ0n) is 10.6. The van der Waals surface area contributed by atoms with Crippen molar-refractivity contribution in [3.05, 3.63) is 71.1 Å². The molecule has 100 valence electrons. The van der Waals surface area contributed by atoms with E-state index in [-0.39, 0.29) is 6.04 Å². The molecule has 4 nitrogen and oxygen atoms in total. The monoisotopic (exact) mass is 284 g/mol. The number of hydrogen-bond donors (Lipinski definition) is 2. The first kappa shape index (κ1) is 13.0. The summed E-state index contributed by atoms with van der Waals surface area (Å²) in [6.45, 7) is 0. The summed E-state index contributed by atoms with van der Waals surface area (Å²) in [4.78, 5) is 8.45. The number of rotatable bonds is 3. The van der Waals surface area contributed by atoms with Crippen LogP contribution < -0.4 is 11.3 Å². The van der Waals surface area contributed by atoms with Crippen molar-refractivity contribution >= 4 is 22.5 Å². The summed E-state index contributed by atoms with van der Waals surface area (Å²) in [6.07, 6.45) is 3.44. The molecule has 0 spiro atoms. The van der Waals surface area contributed by atoms with Crippen LogP contribution in [0.5, 0.6) is 0 Å². The second kappa shape index (κ2) is 5.54. The summed E-state index contributed by atoms with van der Waals surface area (Å²) in [6, 6.07) is 13.5. The molecule has 2 aromatic heterocycles. The first-order valence-electron chi connectivity index (χ1n) is 6.21. The number of nitrogens with zero attached hydrogens (tertiary/aromatic N) is 2. The molecule has 3 aromatic rings. The van der Waals surface area contributed by atoms with E-state index in [2.05, 4.69) is 15.4 Å². The topological polar surface area (TPSA) is 63.8 Å². The molecule has 0 aliphatic heterocycles. The lowest BCUT2D eigenvalue weighted by Gasteiger charge is -2.18. The Bertz CT molecular complexity index is 739. The Labute approximate surface area is 121 Å². The van der Waals surface area contributed by atoms with E-state index in [1.807, 2.05) is 36.4 Å². The Kier molecular flexibility index (Phi) is 3.60. The van der Waals surface area contributed by atoms with Crippen LogP contribution in [-0.2, 0) is 0 Å². The van der Waals surface area contributed by atoms with Gasteiger partial charge in [-0.15, -0.1) is 0 Å². The summed E-state index contributed by atoms with van der Waals surface area (Å²) < 4.78 is 0. The van der Waals surface area contributed by atoms with Crippen molar-refractivity contribution < 1.29 is 0 Å². The van der Waals surface area contributed by atoms with Gasteiger partial charge in [0.25, 0.3) is 0 Å². The maximum Gasteiger partial charge on any atom is 0.129 e. The molecule has 3 N–H and O–H groups in total. The molecule has 3 rings (SSSR count). The number of para-hydroxylation sites is 1. The van der Waals surface area contributed by atoms with Crippen molar-refractivity contribution in [3.8, 4) is 0 Å². The largest absolute Gasteiger partial charge is 0.271 e. The average molecular weight is 285 g/mol. The van der Waals surface area contributed by atoms with Gasteiger partial charge in [-0.25, -0.2) is 10.4 Å². The van der Waals surface area contributed by atoms with Crippen LogP contribution in [0.4, 0.5) is 0 Å². The molecule has 0 amide bonds. The van der Waals surface area contributed by atoms with Crippen LogP contribution in [0, 0.1) is 0 Å². The third-order valence-corrected chi connectivity index (χ3v) is 3.43. The van der Waals surface area contributed by atoms with Crippen molar-refractivity contribution in [2.45, 2.75) is 6.04 Å². The van der Waals surface area contributed by atoms with E-state index in [1.54, 1.807) is 18.5 Å². The Morgan fingerprint density at radius 1 is 1.05 bits per heavy atom. The van der Waals surface area contributed by atoms with Crippen molar-refractivity contribution in [1.29, 1.82) is 0 Å². The van der Waals surface area contributed by atoms with Crippen LogP contribution in [0.2, 0.25) is 5.15 Å². The van der Waals surface area contributed by atoms with Crippen LogP contribution in [0.1, 0.15) is 17.2 Å². The van der Waals surface area contributed by atoms with Gasteiger partial charge in [0.2, 0.25) is 0 Å². The van der Waals surface area contributed by atoms with Gasteiger partial charge in [0, 0.05) is 23.3 Å². The molecule has 0 aliphatic carbocycles. The lowest BCUT2D eigenvalue weighted by molar-refractivity contribution is 0.639. The van der Waals surface area contributed by atoms with Crippen LogP contribution in [0.3, 0.4) is 0 Å². The van der Waals surface area contributed by atoms with Gasteiger partial charge in [0.1, 0.15) is 5.15 Å². The van der Waals surface area contributed by atoms with Crippen molar-refractivity contribution in [2.24, 2.45) is 5.84 Å². The van der Waals surface area contributed by atoms with E-state index in [0.29, 0.717) is 5.15 Å². The molecular weight excluding hydrogens is 272 g/mol. The average Bonchev–Trinajstić information content (AvgIpc) is 2.48. The molecule has 2 heterocycles. The number of hydrazine groups is 1. The van der Waals surface area contributed by atoms with Crippen molar-refractivity contribution in [1.82, 2.24) is 15.4 Å². The molecule has 20 heavy (non-hydrogen) atoms. The summed E-state index contributed by atoms with van der Waals surface area (Å²) in [7, 11) is 0. The first-order valence-corrected chi connectivity index (χ1v) is 6.58. The van der Waals surface area contributed by atoms with Gasteiger partial charge in [-0.05, 0) is 23.8 Å². The Balaban J connectivity index is 2.17. The molecule has 0 bridgehead atoms. The van der Waals surface area contributed by atoms with E-state index in [4.69, 9.17) is 17.4 Å². The number of aromatic nitrogens is 2. The molecule has 0 saturated heterocycles. The smallest absolute Gasteiger partial charge is 0.129 e. The Morgan fingerprint density at radius 3 is 2.70 bits per heavy atom. The van der Waals surface area contributed by atoms with Crippen LogP contribution in [-0.4, -0.2) is 9.97 Å². The molecule has 1 aromatic carbocycles. The second-order valence-corrected chi connectivity index (χ2v) is 4.82. The first-order chi connectivity index (χ1) is 9.79. The standard InChI is InChI=1S/C15H13ClN4/c16-13-9-11(6-8-18-13)15(20-17)12-5-1-3-10-4-2-7-19-14(10)12/h1-9,15,20H,17H2. The van der Waals surface area contributed by atoms with Crippen LogP contribution in [0.25, 0.3) is 10.9 Å². The molecule has 0 radical (unpaired) electrons. The highest BCUT2D eigenvalue weighted by Gasteiger charge is 2.16. The fourth-order valence-corrected chi connectivity index (χ4v) is 2.51. The highest BCUT2D eigenvalue weighted by Crippen LogP contribution is 2.27. The Morgan fingerprint density at radius 2 is 1.90 bits per heavy atom. The van der Waals surface area contributed by atoms with E-state index >= 15 is 0 Å². The lowest BCUT2D eigenvalue weighted by atomic mass is 9.97. The predicted molar refractivity (Wildman–Crippen MR) is 80.2 cm³/mol. The number of nitrogens with one attached hydrogen (secondary N) is 1. The molecule has 5 heteroatoms. The minimum Gasteiger partial charge on any atom is -0.271 e. The predicted octanol–water partition coefficient (Wildman–Crippen LogP) is 2.84. The third kappa shape index (κ3) is 2.36.